The van der Waals surface area contributed by atoms with Gasteiger partial charge >= 0.3 is 6.09 Å². The summed E-state index contributed by atoms with van der Waals surface area (Å²) in [6.07, 6.45) is 5.92. The number of carbonyl (C=O) groups excluding carboxylic acids is 2. The highest BCUT2D eigenvalue weighted by molar-refractivity contribution is 6.33. The average molecular weight is 418 g/mol. The number of primary amides is 1. The van der Waals surface area contributed by atoms with Gasteiger partial charge in [-0.3, -0.25) is 9.48 Å². The molecule has 2 aromatic rings. The van der Waals surface area contributed by atoms with Gasteiger partial charge in [-0.1, -0.05) is 18.5 Å². The fourth-order valence-electron chi connectivity index (χ4n) is 4.29. The van der Waals surface area contributed by atoms with Crippen molar-refractivity contribution in [1.82, 2.24) is 14.8 Å². The Kier molecular flexibility index (Phi) is 5.45. The molecule has 0 spiro atoms. The molecule has 4 rings (SSSR count). The summed E-state index contributed by atoms with van der Waals surface area (Å²) in [4.78, 5) is 28.0. The molecule has 3 atom stereocenters. The molecule has 3 heterocycles. The van der Waals surface area contributed by atoms with E-state index in [-0.39, 0.29) is 17.9 Å². The number of carbonyl (C=O) groups is 2. The second-order valence-electron chi connectivity index (χ2n) is 7.96. The lowest BCUT2D eigenvalue weighted by atomic mass is 9.86. The van der Waals surface area contributed by atoms with Crippen molar-refractivity contribution in [2.45, 2.75) is 51.7 Å². The molecule has 2 aromatic heterocycles. The SMILES string of the molecule is CC1Cc2c(-c3cc(NC(=O)[C@H]4CCC[C@@H](OC(N)=O)C4)ncc3Cl)cnn2C1. The van der Waals surface area contributed by atoms with Crippen molar-refractivity contribution in [3.8, 4) is 11.1 Å². The van der Waals surface area contributed by atoms with Crippen LogP contribution in [-0.2, 0) is 22.5 Å². The standard InChI is InChI=1S/C20H24ClN5O3/c1-11-5-17-15(8-24-26(17)10-11)14-7-18(23-9-16(14)21)25-19(27)12-3-2-4-13(6-12)29-20(22)28/h7-9,11-13H,2-6,10H2,1H3,(H2,22,28)(H,23,25,27)/t11?,12-,13+/m0/s1. The maximum absolute atomic E-state index is 12.7. The van der Waals surface area contributed by atoms with Gasteiger partial charge in [-0.15, -0.1) is 0 Å². The van der Waals surface area contributed by atoms with Crippen molar-refractivity contribution in [3.05, 3.63) is 29.2 Å². The van der Waals surface area contributed by atoms with Crippen LogP contribution in [0.2, 0.25) is 5.02 Å². The highest BCUT2D eigenvalue weighted by atomic mass is 35.5. The van der Waals surface area contributed by atoms with E-state index in [1.54, 1.807) is 12.3 Å². The van der Waals surface area contributed by atoms with E-state index < -0.39 is 6.09 Å². The maximum Gasteiger partial charge on any atom is 0.404 e. The predicted molar refractivity (Wildman–Crippen MR) is 108 cm³/mol. The third kappa shape index (κ3) is 4.22. The molecule has 0 bridgehead atoms. The van der Waals surface area contributed by atoms with Crippen LogP contribution >= 0.6 is 11.6 Å². The van der Waals surface area contributed by atoms with Crippen molar-refractivity contribution < 1.29 is 14.3 Å². The van der Waals surface area contributed by atoms with Gasteiger partial charge in [0, 0.05) is 35.5 Å². The Bertz CT molecular complexity index is 944. The second-order valence-corrected chi connectivity index (χ2v) is 8.36. The summed E-state index contributed by atoms with van der Waals surface area (Å²) in [5, 5.41) is 7.86. The molecule has 1 aliphatic carbocycles. The average Bonchev–Trinajstić information content (AvgIpc) is 3.22. The van der Waals surface area contributed by atoms with E-state index in [2.05, 4.69) is 22.3 Å². The minimum absolute atomic E-state index is 0.141. The zero-order valence-electron chi connectivity index (χ0n) is 16.2. The molecule has 9 heteroatoms. The number of hydrogen-bond acceptors (Lipinski definition) is 5. The number of rotatable bonds is 4. The smallest absolute Gasteiger partial charge is 0.404 e. The molecule has 1 fully saturated rings. The van der Waals surface area contributed by atoms with E-state index in [0.717, 1.165) is 49.0 Å². The zero-order valence-corrected chi connectivity index (χ0v) is 17.0. The highest BCUT2D eigenvalue weighted by Crippen LogP contribution is 2.35. The van der Waals surface area contributed by atoms with Gasteiger partial charge in [0.1, 0.15) is 11.9 Å². The van der Waals surface area contributed by atoms with Gasteiger partial charge in [-0.05, 0) is 44.1 Å². The number of halogens is 1. The summed E-state index contributed by atoms with van der Waals surface area (Å²) in [5.41, 5.74) is 8.04. The molecular weight excluding hydrogens is 394 g/mol. The van der Waals surface area contributed by atoms with Crippen LogP contribution in [0, 0.1) is 11.8 Å². The summed E-state index contributed by atoms with van der Waals surface area (Å²) >= 11 is 6.41. The molecule has 1 aliphatic heterocycles. The first-order valence-corrected chi connectivity index (χ1v) is 10.3. The minimum atomic E-state index is -0.803. The molecule has 8 nitrogen and oxygen atoms in total. The summed E-state index contributed by atoms with van der Waals surface area (Å²) in [7, 11) is 0. The number of nitrogens with one attached hydrogen (secondary N) is 1. The molecule has 0 radical (unpaired) electrons. The van der Waals surface area contributed by atoms with Gasteiger partial charge in [0.25, 0.3) is 0 Å². The molecule has 2 aliphatic rings. The number of anilines is 1. The van der Waals surface area contributed by atoms with E-state index in [1.165, 1.54) is 0 Å². The van der Waals surface area contributed by atoms with Crippen molar-refractivity contribution in [1.29, 1.82) is 0 Å². The minimum Gasteiger partial charge on any atom is -0.446 e. The Morgan fingerprint density at radius 1 is 1.31 bits per heavy atom. The third-order valence-electron chi connectivity index (χ3n) is 5.65. The largest absolute Gasteiger partial charge is 0.446 e. The quantitative estimate of drug-likeness (QED) is 0.791. The van der Waals surface area contributed by atoms with Gasteiger partial charge < -0.3 is 15.8 Å². The summed E-state index contributed by atoms with van der Waals surface area (Å²) < 4.78 is 7.08. The van der Waals surface area contributed by atoms with Crippen LogP contribution in [0.15, 0.2) is 18.5 Å². The molecule has 2 amide bonds. The molecule has 1 unspecified atom stereocenters. The van der Waals surface area contributed by atoms with E-state index in [4.69, 9.17) is 22.1 Å². The molecule has 3 N–H and O–H groups in total. The number of amides is 2. The Morgan fingerprint density at radius 3 is 2.93 bits per heavy atom. The van der Waals surface area contributed by atoms with Crippen molar-refractivity contribution >= 4 is 29.4 Å². The lowest BCUT2D eigenvalue weighted by molar-refractivity contribution is -0.122. The number of hydrogen-bond donors (Lipinski definition) is 2. The third-order valence-corrected chi connectivity index (χ3v) is 5.95. The fourth-order valence-corrected chi connectivity index (χ4v) is 4.50. The van der Waals surface area contributed by atoms with Crippen LogP contribution < -0.4 is 11.1 Å². The van der Waals surface area contributed by atoms with E-state index in [0.29, 0.717) is 23.2 Å². The van der Waals surface area contributed by atoms with Crippen molar-refractivity contribution in [2.75, 3.05) is 5.32 Å². The Labute approximate surface area is 173 Å². The number of nitrogens with zero attached hydrogens (tertiary/aromatic N) is 3. The predicted octanol–water partition coefficient (Wildman–Crippen LogP) is 3.38. The number of pyridine rings is 1. The molecule has 154 valence electrons. The summed E-state index contributed by atoms with van der Waals surface area (Å²) in [5.74, 6) is 0.588. The van der Waals surface area contributed by atoms with Crippen LogP contribution in [0.1, 0.15) is 38.3 Å². The monoisotopic (exact) mass is 417 g/mol. The lowest BCUT2D eigenvalue weighted by Crippen LogP contribution is -2.33. The molecule has 0 aromatic carbocycles. The molecular formula is C20H24ClN5O3. The first-order valence-electron chi connectivity index (χ1n) is 9.88. The van der Waals surface area contributed by atoms with Crippen molar-refractivity contribution in [2.24, 2.45) is 17.6 Å². The summed E-state index contributed by atoms with van der Waals surface area (Å²) in [6, 6.07) is 1.79. The first-order chi connectivity index (χ1) is 13.9. The first kappa shape index (κ1) is 19.7. The number of nitrogens with two attached hydrogens (primary N) is 1. The molecule has 29 heavy (non-hydrogen) atoms. The zero-order chi connectivity index (χ0) is 20.5. The number of ether oxygens (including phenoxy) is 1. The van der Waals surface area contributed by atoms with Gasteiger partial charge in [0.05, 0.1) is 11.2 Å². The fraction of sp³-hybridized carbons (Fsp3) is 0.500. The Hall–Kier alpha value is -2.61. The number of aromatic nitrogens is 3. The van der Waals surface area contributed by atoms with Crippen LogP contribution in [0.3, 0.4) is 0 Å². The topological polar surface area (TPSA) is 112 Å². The van der Waals surface area contributed by atoms with Gasteiger partial charge in [-0.2, -0.15) is 5.10 Å². The van der Waals surface area contributed by atoms with E-state index in [9.17, 15) is 9.59 Å². The lowest BCUT2D eigenvalue weighted by Gasteiger charge is -2.27. The van der Waals surface area contributed by atoms with Gasteiger partial charge in [-0.25, -0.2) is 9.78 Å². The van der Waals surface area contributed by atoms with Crippen molar-refractivity contribution in [3.63, 3.8) is 0 Å². The van der Waals surface area contributed by atoms with Crippen LogP contribution in [0.25, 0.3) is 11.1 Å². The van der Waals surface area contributed by atoms with E-state index >= 15 is 0 Å². The molecule has 1 saturated carbocycles. The van der Waals surface area contributed by atoms with E-state index in [1.807, 2.05) is 10.9 Å². The van der Waals surface area contributed by atoms with Gasteiger partial charge in [0.15, 0.2) is 0 Å². The van der Waals surface area contributed by atoms with Gasteiger partial charge in [0.2, 0.25) is 5.91 Å². The molecule has 0 saturated heterocycles. The van der Waals surface area contributed by atoms with Crippen LogP contribution in [0.4, 0.5) is 10.6 Å². The normalized spacial score (nSPS) is 23.4. The van der Waals surface area contributed by atoms with Crippen LogP contribution in [0.5, 0.6) is 0 Å². The number of fused-ring (bicyclic) bond motifs is 1. The van der Waals surface area contributed by atoms with Crippen LogP contribution in [-0.4, -0.2) is 32.9 Å². The second kappa shape index (κ2) is 8.02. The Morgan fingerprint density at radius 2 is 2.14 bits per heavy atom. The maximum atomic E-state index is 12.7. The highest BCUT2D eigenvalue weighted by Gasteiger charge is 2.30. The Balaban J connectivity index is 1.50. The summed E-state index contributed by atoms with van der Waals surface area (Å²) in [6.45, 7) is 3.09.